The number of nitrogen functional groups attached to an aromatic ring is 1. The Labute approximate surface area is 112 Å². The molecular weight excluding hydrogens is 326 g/mol. The summed E-state index contributed by atoms with van der Waals surface area (Å²) in [5.41, 5.74) is 7.13. The fourth-order valence-corrected chi connectivity index (χ4v) is 4.08. The minimum Gasteiger partial charge on any atom is -0.398 e. The first kappa shape index (κ1) is 14.7. The van der Waals surface area contributed by atoms with Crippen LogP contribution < -0.4 is 5.73 Å². The van der Waals surface area contributed by atoms with Crippen LogP contribution in [0.3, 0.4) is 0 Å². The summed E-state index contributed by atoms with van der Waals surface area (Å²) in [7, 11) is -4.23. The maximum absolute atomic E-state index is 11.6. The minimum absolute atomic E-state index is 0.0500. The van der Waals surface area contributed by atoms with E-state index in [0.717, 1.165) is 16.3 Å². The van der Waals surface area contributed by atoms with E-state index in [-0.39, 0.29) is 11.5 Å². The summed E-state index contributed by atoms with van der Waals surface area (Å²) in [6.45, 7) is 0. The maximum atomic E-state index is 11.6. The lowest BCUT2D eigenvalue weighted by Gasteiger charge is -2.04. The van der Waals surface area contributed by atoms with E-state index in [4.69, 9.17) is 5.73 Å². The van der Waals surface area contributed by atoms with E-state index in [1.54, 1.807) is 12.1 Å². The molecule has 0 aliphatic carbocycles. The molecule has 0 aromatic heterocycles. The number of anilines is 1. The van der Waals surface area contributed by atoms with Crippen molar-refractivity contribution in [3.63, 3.8) is 0 Å². The van der Waals surface area contributed by atoms with Crippen molar-refractivity contribution in [3.05, 3.63) is 28.2 Å². The molecule has 0 bridgehead atoms. The third-order valence-electron chi connectivity index (χ3n) is 2.07. The molecule has 0 spiro atoms. The normalized spacial score (nSPS) is 13.5. The van der Waals surface area contributed by atoms with Gasteiger partial charge in [0.15, 0.2) is 0 Å². The van der Waals surface area contributed by atoms with E-state index in [1.165, 1.54) is 0 Å². The van der Waals surface area contributed by atoms with Gasteiger partial charge in [0.25, 0.3) is 0 Å². The highest BCUT2D eigenvalue weighted by molar-refractivity contribution is 9.10. The predicted octanol–water partition coefficient (Wildman–Crippen LogP) is 1.32. The van der Waals surface area contributed by atoms with Crippen LogP contribution in [0, 0.1) is 0 Å². The quantitative estimate of drug-likeness (QED) is 0.821. The summed E-state index contributed by atoms with van der Waals surface area (Å²) >= 11 is 3.27. The van der Waals surface area contributed by atoms with Crippen molar-refractivity contribution in [2.24, 2.45) is 0 Å². The molecule has 17 heavy (non-hydrogen) atoms. The van der Waals surface area contributed by atoms with Gasteiger partial charge >= 0.3 is 0 Å². The second-order valence-electron chi connectivity index (χ2n) is 3.77. The molecule has 1 rings (SSSR count). The van der Waals surface area contributed by atoms with Crippen LogP contribution in [0.15, 0.2) is 22.7 Å². The molecule has 0 aliphatic heterocycles. The number of sulfone groups is 1. The molecular formula is C10H14BrNO3S2. The van der Waals surface area contributed by atoms with Crippen molar-refractivity contribution in [2.45, 2.75) is 5.75 Å². The van der Waals surface area contributed by atoms with Crippen LogP contribution in [-0.4, -0.2) is 30.4 Å². The van der Waals surface area contributed by atoms with Crippen LogP contribution in [-0.2, 0) is 26.4 Å². The van der Waals surface area contributed by atoms with Gasteiger partial charge in [-0.05, 0) is 33.6 Å². The summed E-state index contributed by atoms with van der Waals surface area (Å²) in [5.74, 6) is 0.438. The number of rotatable bonds is 5. The van der Waals surface area contributed by atoms with Crippen LogP contribution in [0.1, 0.15) is 5.56 Å². The topological polar surface area (TPSA) is 77.2 Å². The molecule has 1 atom stereocenters. The molecule has 0 heterocycles. The standard InChI is InChI=1S/C10H14BrNO3S2/c1-17(14,15)5-4-16(13)7-8-2-3-9(11)10(12)6-8/h2-3,6H,4-5,7,12H2,1H3. The van der Waals surface area contributed by atoms with Gasteiger partial charge < -0.3 is 5.73 Å². The van der Waals surface area contributed by atoms with Gasteiger partial charge in [-0.15, -0.1) is 0 Å². The van der Waals surface area contributed by atoms with Gasteiger partial charge in [0.05, 0.1) is 5.75 Å². The lowest BCUT2D eigenvalue weighted by atomic mass is 10.2. The molecule has 0 saturated carbocycles. The molecule has 0 radical (unpaired) electrons. The van der Waals surface area contributed by atoms with Gasteiger partial charge in [0.2, 0.25) is 0 Å². The Hall–Kier alpha value is -0.400. The highest BCUT2D eigenvalue weighted by Gasteiger charge is 2.08. The molecule has 1 aromatic carbocycles. The molecule has 1 unspecified atom stereocenters. The van der Waals surface area contributed by atoms with Gasteiger partial charge in [0.1, 0.15) is 9.84 Å². The van der Waals surface area contributed by atoms with E-state index >= 15 is 0 Å². The Morgan fingerprint density at radius 1 is 1.41 bits per heavy atom. The first-order chi connectivity index (χ1) is 7.78. The average molecular weight is 340 g/mol. The predicted molar refractivity (Wildman–Crippen MR) is 75.0 cm³/mol. The largest absolute Gasteiger partial charge is 0.398 e. The molecule has 0 amide bonds. The van der Waals surface area contributed by atoms with Crippen molar-refractivity contribution < 1.29 is 12.6 Å². The van der Waals surface area contributed by atoms with Gasteiger partial charge in [0, 0.05) is 38.7 Å². The van der Waals surface area contributed by atoms with Crippen molar-refractivity contribution in [1.29, 1.82) is 0 Å². The minimum atomic E-state index is -3.05. The van der Waals surface area contributed by atoms with Crippen LogP contribution in [0.5, 0.6) is 0 Å². The zero-order valence-corrected chi connectivity index (χ0v) is 12.6. The summed E-state index contributed by atoms with van der Waals surface area (Å²) in [5, 5.41) is 0. The Morgan fingerprint density at radius 3 is 2.59 bits per heavy atom. The molecule has 0 fully saturated rings. The number of benzene rings is 1. The molecule has 0 aliphatic rings. The SMILES string of the molecule is CS(=O)(=O)CCS(=O)Cc1ccc(Br)c(N)c1. The smallest absolute Gasteiger partial charge is 0.148 e. The number of hydrogen-bond donors (Lipinski definition) is 1. The van der Waals surface area contributed by atoms with E-state index in [2.05, 4.69) is 15.9 Å². The molecule has 96 valence electrons. The molecule has 4 nitrogen and oxygen atoms in total. The first-order valence-corrected chi connectivity index (χ1v) is 9.19. The zero-order valence-electron chi connectivity index (χ0n) is 9.35. The first-order valence-electron chi connectivity index (χ1n) is 4.84. The van der Waals surface area contributed by atoms with Crippen LogP contribution in [0.25, 0.3) is 0 Å². The highest BCUT2D eigenvalue weighted by atomic mass is 79.9. The lowest BCUT2D eigenvalue weighted by molar-refractivity contribution is 0.602. The molecule has 2 N–H and O–H groups in total. The fourth-order valence-electron chi connectivity index (χ4n) is 1.19. The van der Waals surface area contributed by atoms with Crippen molar-refractivity contribution in [2.75, 3.05) is 23.5 Å². The molecule has 1 aromatic rings. The Balaban J connectivity index is 2.59. The Bertz CT molecular complexity index is 528. The van der Waals surface area contributed by atoms with Crippen molar-refractivity contribution in [3.8, 4) is 0 Å². The van der Waals surface area contributed by atoms with Crippen molar-refractivity contribution in [1.82, 2.24) is 0 Å². The van der Waals surface area contributed by atoms with E-state index in [1.807, 2.05) is 6.07 Å². The zero-order chi connectivity index (χ0) is 13.1. The number of nitrogens with two attached hydrogens (primary N) is 1. The molecule has 0 saturated heterocycles. The van der Waals surface area contributed by atoms with Crippen molar-refractivity contribution >= 4 is 42.3 Å². The van der Waals surface area contributed by atoms with Gasteiger partial charge in [-0.3, -0.25) is 4.21 Å². The maximum Gasteiger partial charge on any atom is 0.148 e. The summed E-state index contributed by atoms with van der Waals surface area (Å²) in [4.78, 5) is 0. The van der Waals surface area contributed by atoms with Crippen LogP contribution in [0.2, 0.25) is 0 Å². The third-order valence-corrected chi connectivity index (χ3v) is 5.31. The highest BCUT2D eigenvalue weighted by Crippen LogP contribution is 2.20. The van der Waals surface area contributed by atoms with E-state index < -0.39 is 20.6 Å². The summed E-state index contributed by atoms with van der Waals surface area (Å²) in [6, 6.07) is 5.35. The van der Waals surface area contributed by atoms with Gasteiger partial charge in [-0.2, -0.15) is 0 Å². The van der Waals surface area contributed by atoms with Crippen LogP contribution in [0.4, 0.5) is 5.69 Å². The van der Waals surface area contributed by atoms with E-state index in [9.17, 15) is 12.6 Å². The third kappa shape index (κ3) is 5.65. The number of hydrogen-bond acceptors (Lipinski definition) is 4. The average Bonchev–Trinajstić information content (AvgIpc) is 2.20. The second-order valence-corrected chi connectivity index (χ2v) is 8.46. The molecule has 7 heteroatoms. The van der Waals surface area contributed by atoms with Gasteiger partial charge in [-0.25, -0.2) is 8.42 Å². The fraction of sp³-hybridized carbons (Fsp3) is 0.400. The second kappa shape index (κ2) is 5.97. The lowest BCUT2D eigenvalue weighted by Crippen LogP contribution is -2.12. The Kier molecular flexibility index (Phi) is 5.15. The number of halogens is 1. The Morgan fingerprint density at radius 2 is 2.06 bits per heavy atom. The summed E-state index contributed by atoms with van der Waals surface area (Å²) in [6.07, 6.45) is 1.14. The summed E-state index contributed by atoms with van der Waals surface area (Å²) < 4.78 is 34.3. The van der Waals surface area contributed by atoms with E-state index in [0.29, 0.717) is 11.4 Å². The van der Waals surface area contributed by atoms with Gasteiger partial charge in [-0.1, -0.05) is 6.07 Å². The van der Waals surface area contributed by atoms with Crippen LogP contribution >= 0.6 is 15.9 Å². The monoisotopic (exact) mass is 339 g/mol.